The largest absolute Gasteiger partial charge is 0.384 e. The molecule has 1 N–H and O–H groups in total. The van der Waals surface area contributed by atoms with Gasteiger partial charge in [-0.3, -0.25) is 0 Å². The van der Waals surface area contributed by atoms with Crippen LogP contribution in [0.3, 0.4) is 0 Å². The van der Waals surface area contributed by atoms with Crippen LogP contribution >= 0.6 is 23.2 Å². The molecule has 106 valence electrons. The number of hydrogen-bond donors (Lipinski definition) is 1. The third kappa shape index (κ3) is 3.54. The Balaban J connectivity index is 2.26. The molecule has 0 aliphatic heterocycles. The summed E-state index contributed by atoms with van der Waals surface area (Å²) in [5.41, 5.74) is 2.83. The second-order valence-corrected chi connectivity index (χ2v) is 5.95. The second-order valence-electron chi connectivity index (χ2n) is 5.08. The van der Waals surface area contributed by atoms with E-state index < -0.39 is 6.10 Å². The van der Waals surface area contributed by atoms with Gasteiger partial charge in [-0.05, 0) is 47.2 Å². The average Bonchev–Trinajstić information content (AvgIpc) is 2.45. The van der Waals surface area contributed by atoms with Crippen LogP contribution in [-0.2, 0) is 0 Å². The van der Waals surface area contributed by atoms with Gasteiger partial charge in [0, 0.05) is 10.0 Å². The van der Waals surface area contributed by atoms with Crippen molar-refractivity contribution < 1.29 is 5.11 Å². The normalized spacial score (nSPS) is 14.1. The number of hydrogen-bond acceptors (Lipinski definition) is 1. The van der Waals surface area contributed by atoms with E-state index in [1.54, 1.807) is 18.2 Å². The Morgan fingerprint density at radius 3 is 1.90 bits per heavy atom. The van der Waals surface area contributed by atoms with Gasteiger partial charge in [0.15, 0.2) is 0 Å². The lowest BCUT2D eigenvalue weighted by atomic mass is 9.95. The molecule has 0 radical (unpaired) electrons. The first-order chi connectivity index (χ1) is 9.51. The minimum Gasteiger partial charge on any atom is -0.384 e. The SMILES string of the molecule is CCC(C)c1ccc(C(O)c2cc(Cl)cc(Cl)c2)cc1. The third-order valence-corrected chi connectivity index (χ3v) is 4.07. The van der Waals surface area contributed by atoms with E-state index in [1.807, 2.05) is 12.1 Å². The fourth-order valence-electron chi connectivity index (χ4n) is 2.17. The molecule has 0 heterocycles. The molecule has 0 bridgehead atoms. The minimum absolute atomic E-state index is 0.529. The maximum Gasteiger partial charge on any atom is 0.104 e. The smallest absolute Gasteiger partial charge is 0.104 e. The lowest BCUT2D eigenvalue weighted by molar-refractivity contribution is 0.220. The quantitative estimate of drug-likeness (QED) is 0.780. The topological polar surface area (TPSA) is 20.2 Å². The highest BCUT2D eigenvalue weighted by molar-refractivity contribution is 6.34. The van der Waals surface area contributed by atoms with Crippen molar-refractivity contribution in [3.63, 3.8) is 0 Å². The monoisotopic (exact) mass is 308 g/mol. The zero-order valence-electron chi connectivity index (χ0n) is 11.6. The zero-order chi connectivity index (χ0) is 14.7. The van der Waals surface area contributed by atoms with Crippen LogP contribution in [0.1, 0.15) is 49.0 Å². The number of rotatable bonds is 4. The molecule has 0 spiro atoms. The lowest BCUT2D eigenvalue weighted by Gasteiger charge is -2.14. The van der Waals surface area contributed by atoms with Crippen LogP contribution in [0.15, 0.2) is 42.5 Å². The molecule has 1 nitrogen and oxygen atoms in total. The first-order valence-electron chi connectivity index (χ1n) is 6.75. The Morgan fingerprint density at radius 2 is 1.40 bits per heavy atom. The molecule has 0 aliphatic carbocycles. The summed E-state index contributed by atoms with van der Waals surface area (Å²) >= 11 is 11.9. The molecular formula is C17H18Cl2O. The van der Waals surface area contributed by atoms with E-state index in [0.29, 0.717) is 21.5 Å². The van der Waals surface area contributed by atoms with E-state index in [4.69, 9.17) is 23.2 Å². The van der Waals surface area contributed by atoms with E-state index >= 15 is 0 Å². The first kappa shape index (κ1) is 15.4. The third-order valence-electron chi connectivity index (χ3n) is 3.63. The zero-order valence-corrected chi connectivity index (χ0v) is 13.1. The van der Waals surface area contributed by atoms with E-state index in [9.17, 15) is 5.11 Å². The molecular weight excluding hydrogens is 291 g/mol. The van der Waals surface area contributed by atoms with E-state index in [-0.39, 0.29) is 0 Å². The van der Waals surface area contributed by atoms with Gasteiger partial charge >= 0.3 is 0 Å². The number of aliphatic hydroxyl groups excluding tert-OH is 1. The highest BCUT2D eigenvalue weighted by Gasteiger charge is 2.12. The van der Waals surface area contributed by atoms with E-state index in [0.717, 1.165) is 12.0 Å². The molecule has 0 aliphatic rings. The predicted octanol–water partition coefficient (Wildman–Crippen LogP) is 5.59. The second kappa shape index (κ2) is 6.62. The summed E-state index contributed by atoms with van der Waals surface area (Å²) in [5, 5.41) is 11.5. The first-order valence-corrected chi connectivity index (χ1v) is 7.50. The average molecular weight is 309 g/mol. The molecule has 2 rings (SSSR count). The van der Waals surface area contributed by atoms with Crippen molar-refractivity contribution in [2.45, 2.75) is 32.3 Å². The molecule has 2 aromatic rings. The maximum atomic E-state index is 10.4. The molecule has 0 aromatic heterocycles. The van der Waals surface area contributed by atoms with Crippen molar-refractivity contribution in [2.24, 2.45) is 0 Å². The maximum absolute atomic E-state index is 10.4. The fourth-order valence-corrected chi connectivity index (χ4v) is 2.71. The van der Waals surface area contributed by atoms with Crippen LogP contribution in [-0.4, -0.2) is 5.11 Å². The van der Waals surface area contributed by atoms with Crippen molar-refractivity contribution in [1.29, 1.82) is 0 Å². The van der Waals surface area contributed by atoms with Crippen molar-refractivity contribution in [1.82, 2.24) is 0 Å². The van der Waals surface area contributed by atoms with Crippen LogP contribution in [0.4, 0.5) is 0 Å². The summed E-state index contributed by atoms with van der Waals surface area (Å²) in [6.45, 7) is 4.36. The van der Waals surface area contributed by atoms with Crippen molar-refractivity contribution in [3.05, 3.63) is 69.2 Å². The van der Waals surface area contributed by atoms with Gasteiger partial charge in [-0.15, -0.1) is 0 Å². The predicted molar refractivity (Wildman–Crippen MR) is 85.7 cm³/mol. The summed E-state index contributed by atoms with van der Waals surface area (Å²) in [7, 11) is 0. The van der Waals surface area contributed by atoms with Gasteiger partial charge in [0.1, 0.15) is 6.10 Å². The summed E-state index contributed by atoms with van der Waals surface area (Å²) in [4.78, 5) is 0. The highest BCUT2D eigenvalue weighted by atomic mass is 35.5. The highest BCUT2D eigenvalue weighted by Crippen LogP contribution is 2.29. The number of aliphatic hydroxyl groups is 1. The molecule has 3 heteroatoms. The van der Waals surface area contributed by atoms with Gasteiger partial charge in [0.05, 0.1) is 0 Å². The molecule has 2 aromatic carbocycles. The Labute approximate surface area is 130 Å². The van der Waals surface area contributed by atoms with Crippen molar-refractivity contribution in [3.8, 4) is 0 Å². The standard InChI is InChI=1S/C17H18Cl2O/c1-3-11(2)12-4-6-13(7-5-12)17(20)14-8-15(18)10-16(19)9-14/h4-11,17,20H,3H2,1-2H3. The van der Waals surface area contributed by atoms with Gasteiger partial charge < -0.3 is 5.11 Å². The van der Waals surface area contributed by atoms with Crippen LogP contribution in [0, 0.1) is 0 Å². The van der Waals surface area contributed by atoms with Crippen molar-refractivity contribution in [2.75, 3.05) is 0 Å². The van der Waals surface area contributed by atoms with Gasteiger partial charge in [0.2, 0.25) is 0 Å². The van der Waals surface area contributed by atoms with Crippen LogP contribution in [0.25, 0.3) is 0 Å². The van der Waals surface area contributed by atoms with Gasteiger partial charge in [0.25, 0.3) is 0 Å². The minimum atomic E-state index is -0.711. The van der Waals surface area contributed by atoms with E-state index in [2.05, 4.69) is 26.0 Å². The summed E-state index contributed by atoms with van der Waals surface area (Å²) in [6, 6.07) is 13.2. The molecule has 0 saturated heterocycles. The Morgan fingerprint density at radius 1 is 0.900 bits per heavy atom. The van der Waals surface area contributed by atoms with Gasteiger partial charge in [-0.1, -0.05) is 61.3 Å². The molecule has 0 amide bonds. The van der Waals surface area contributed by atoms with E-state index in [1.165, 1.54) is 5.56 Å². The summed E-state index contributed by atoms with van der Waals surface area (Å²) in [6.07, 6.45) is 0.392. The van der Waals surface area contributed by atoms with Gasteiger partial charge in [-0.25, -0.2) is 0 Å². The Kier molecular flexibility index (Phi) is 5.09. The lowest BCUT2D eigenvalue weighted by Crippen LogP contribution is -2.00. The fraction of sp³-hybridized carbons (Fsp3) is 0.294. The summed E-state index contributed by atoms with van der Waals surface area (Å²) < 4.78 is 0. The van der Waals surface area contributed by atoms with Crippen LogP contribution < -0.4 is 0 Å². The summed E-state index contributed by atoms with van der Waals surface area (Å²) in [5.74, 6) is 0.529. The Hall–Kier alpha value is -1.02. The molecule has 20 heavy (non-hydrogen) atoms. The van der Waals surface area contributed by atoms with Gasteiger partial charge in [-0.2, -0.15) is 0 Å². The number of halogens is 2. The number of benzene rings is 2. The molecule has 2 unspecified atom stereocenters. The molecule has 2 atom stereocenters. The van der Waals surface area contributed by atoms with Crippen LogP contribution in [0.2, 0.25) is 10.0 Å². The van der Waals surface area contributed by atoms with Crippen LogP contribution in [0.5, 0.6) is 0 Å². The van der Waals surface area contributed by atoms with Crippen molar-refractivity contribution >= 4 is 23.2 Å². The molecule has 0 saturated carbocycles. The molecule has 0 fully saturated rings. The Bertz CT molecular complexity index is 558.